The molecule has 0 bridgehead atoms. The van der Waals surface area contributed by atoms with Crippen LogP contribution in [0, 0.1) is 6.92 Å². The van der Waals surface area contributed by atoms with E-state index in [9.17, 15) is 0 Å². The third kappa shape index (κ3) is 6.42. The molecule has 0 saturated carbocycles. The van der Waals surface area contributed by atoms with E-state index in [1.165, 1.54) is 11.1 Å². The van der Waals surface area contributed by atoms with Crippen LogP contribution in [0.1, 0.15) is 18.1 Å². The molecule has 0 aliphatic rings. The molecule has 0 aliphatic carbocycles. The quantitative estimate of drug-likeness (QED) is 0.530. The van der Waals surface area contributed by atoms with Gasteiger partial charge in [-0.05, 0) is 49.3 Å². The molecule has 0 spiro atoms. The van der Waals surface area contributed by atoms with Crippen LogP contribution in [0.25, 0.3) is 0 Å². The lowest BCUT2D eigenvalue weighted by atomic mass is 10.1. The fraction of sp³-hybridized carbons (Fsp3) is 0.316. The number of nitrogens with one attached hydrogen (secondary N) is 2. The van der Waals surface area contributed by atoms with Crippen LogP contribution < -0.4 is 15.4 Å². The number of thiocarbonyl (C=S) groups is 1. The van der Waals surface area contributed by atoms with Crippen LogP contribution in [0.15, 0.2) is 48.5 Å². The van der Waals surface area contributed by atoms with Crippen LogP contribution in [0.3, 0.4) is 0 Å². The summed E-state index contributed by atoms with van der Waals surface area (Å²) < 4.78 is 5.49. The predicted octanol–water partition coefficient (Wildman–Crippen LogP) is 4.61. The summed E-state index contributed by atoms with van der Waals surface area (Å²) in [6, 6.07) is 16.3. The van der Waals surface area contributed by atoms with E-state index in [-0.39, 0.29) is 0 Å². The van der Waals surface area contributed by atoms with Crippen molar-refractivity contribution >= 4 is 34.8 Å². The first-order valence-corrected chi connectivity index (χ1v) is 9.65. The molecule has 24 heavy (non-hydrogen) atoms. The molecular weight excluding hydrogens is 336 g/mol. The highest BCUT2D eigenvalue weighted by Crippen LogP contribution is 2.17. The van der Waals surface area contributed by atoms with Gasteiger partial charge in [0.15, 0.2) is 5.11 Å². The van der Waals surface area contributed by atoms with Crippen molar-refractivity contribution in [1.82, 2.24) is 5.32 Å². The minimum absolute atomic E-state index is 0.639. The molecule has 5 heteroatoms. The van der Waals surface area contributed by atoms with Crippen molar-refractivity contribution in [1.29, 1.82) is 0 Å². The molecule has 0 aliphatic heterocycles. The highest BCUT2D eigenvalue weighted by Gasteiger charge is 2.00. The van der Waals surface area contributed by atoms with Gasteiger partial charge >= 0.3 is 0 Å². The van der Waals surface area contributed by atoms with Crippen LogP contribution in [0.4, 0.5) is 5.69 Å². The molecule has 0 aromatic heterocycles. The topological polar surface area (TPSA) is 33.3 Å². The highest BCUT2D eigenvalue weighted by molar-refractivity contribution is 7.98. The fourth-order valence-corrected chi connectivity index (χ4v) is 3.35. The maximum Gasteiger partial charge on any atom is 0.170 e. The van der Waals surface area contributed by atoms with Crippen LogP contribution in [-0.2, 0) is 5.75 Å². The molecular formula is C19H24N2OS2. The lowest BCUT2D eigenvalue weighted by molar-refractivity contribution is 0.340. The Morgan fingerprint density at radius 3 is 2.79 bits per heavy atom. The Bertz CT molecular complexity index is 661. The van der Waals surface area contributed by atoms with Gasteiger partial charge in [-0.2, -0.15) is 11.8 Å². The second-order valence-corrected chi connectivity index (χ2v) is 6.83. The van der Waals surface area contributed by atoms with Crippen LogP contribution >= 0.6 is 24.0 Å². The number of benzene rings is 2. The lowest BCUT2D eigenvalue weighted by Gasteiger charge is -2.12. The second-order valence-electron chi connectivity index (χ2n) is 5.32. The van der Waals surface area contributed by atoms with Gasteiger partial charge in [0.2, 0.25) is 0 Å². The fourth-order valence-electron chi connectivity index (χ4n) is 2.20. The van der Waals surface area contributed by atoms with Crippen molar-refractivity contribution in [3.8, 4) is 5.75 Å². The van der Waals surface area contributed by atoms with Gasteiger partial charge in [0.25, 0.3) is 0 Å². The molecule has 0 atom stereocenters. The molecule has 0 unspecified atom stereocenters. The largest absolute Gasteiger partial charge is 0.494 e. The van der Waals surface area contributed by atoms with Gasteiger partial charge in [-0.15, -0.1) is 0 Å². The zero-order valence-electron chi connectivity index (χ0n) is 14.2. The van der Waals surface area contributed by atoms with Crippen LogP contribution in [0.2, 0.25) is 0 Å². The molecule has 3 nitrogen and oxygen atoms in total. The Kier molecular flexibility index (Phi) is 7.92. The number of hydrogen-bond acceptors (Lipinski definition) is 3. The van der Waals surface area contributed by atoms with Gasteiger partial charge in [0.05, 0.1) is 6.61 Å². The number of anilines is 1. The van der Waals surface area contributed by atoms with Gasteiger partial charge in [0, 0.05) is 29.8 Å². The van der Waals surface area contributed by atoms with Crippen LogP contribution in [0.5, 0.6) is 5.75 Å². The summed E-state index contributed by atoms with van der Waals surface area (Å²) in [6.45, 7) is 5.63. The maximum absolute atomic E-state index is 5.49. The average molecular weight is 361 g/mol. The molecule has 0 fully saturated rings. The summed E-state index contributed by atoms with van der Waals surface area (Å²) >= 11 is 7.24. The number of rotatable bonds is 8. The van der Waals surface area contributed by atoms with Gasteiger partial charge in [-0.3, -0.25) is 0 Å². The summed E-state index contributed by atoms with van der Waals surface area (Å²) in [6.07, 6.45) is 0. The van der Waals surface area contributed by atoms with E-state index in [1.54, 1.807) is 0 Å². The minimum Gasteiger partial charge on any atom is -0.494 e. The van der Waals surface area contributed by atoms with Gasteiger partial charge in [0.1, 0.15) is 5.75 Å². The summed E-state index contributed by atoms with van der Waals surface area (Å²) in [7, 11) is 0. The molecule has 2 aromatic rings. The Morgan fingerprint density at radius 2 is 2.00 bits per heavy atom. The summed E-state index contributed by atoms with van der Waals surface area (Å²) in [5, 5.41) is 7.07. The summed E-state index contributed by atoms with van der Waals surface area (Å²) in [5.74, 6) is 2.89. The normalized spacial score (nSPS) is 10.2. The van der Waals surface area contributed by atoms with Crippen molar-refractivity contribution in [3.63, 3.8) is 0 Å². The Morgan fingerprint density at radius 1 is 1.17 bits per heavy atom. The van der Waals surface area contributed by atoms with E-state index in [4.69, 9.17) is 17.0 Å². The monoisotopic (exact) mass is 360 g/mol. The number of thioether (sulfide) groups is 1. The lowest BCUT2D eigenvalue weighted by Crippen LogP contribution is -2.30. The third-order valence-corrected chi connectivity index (χ3v) is 4.71. The Hall–Kier alpha value is -1.72. The molecule has 0 amide bonds. The standard InChI is InChI=1S/C19H24N2OS2/c1-3-22-18-10-6-9-17(13-18)21-19(23)20-11-12-24-14-16-8-5-4-7-15(16)2/h4-10,13H,3,11-12,14H2,1-2H3,(H2,20,21,23). The van der Waals surface area contributed by atoms with Gasteiger partial charge in [-0.25, -0.2) is 0 Å². The first-order valence-electron chi connectivity index (χ1n) is 8.09. The van der Waals surface area contributed by atoms with E-state index in [0.717, 1.165) is 29.5 Å². The average Bonchev–Trinajstić information content (AvgIpc) is 2.57. The van der Waals surface area contributed by atoms with Crippen molar-refractivity contribution in [3.05, 3.63) is 59.7 Å². The number of ether oxygens (including phenoxy) is 1. The molecule has 2 rings (SSSR count). The third-order valence-electron chi connectivity index (χ3n) is 3.45. The number of hydrogen-bond donors (Lipinski definition) is 2. The Labute approximate surface area is 154 Å². The van der Waals surface area contributed by atoms with E-state index in [0.29, 0.717) is 11.7 Å². The number of aryl methyl sites for hydroxylation is 1. The highest BCUT2D eigenvalue weighted by atomic mass is 32.2. The van der Waals surface area contributed by atoms with Crippen molar-refractivity contribution < 1.29 is 4.74 Å². The first kappa shape index (κ1) is 18.6. The first-order chi connectivity index (χ1) is 11.7. The van der Waals surface area contributed by atoms with Crippen molar-refractivity contribution in [2.45, 2.75) is 19.6 Å². The smallest absolute Gasteiger partial charge is 0.170 e. The molecule has 2 N–H and O–H groups in total. The molecule has 0 radical (unpaired) electrons. The van der Waals surface area contributed by atoms with Crippen LogP contribution in [-0.4, -0.2) is 24.0 Å². The van der Waals surface area contributed by atoms with Gasteiger partial charge < -0.3 is 15.4 Å². The molecule has 0 saturated heterocycles. The van der Waals surface area contributed by atoms with E-state index >= 15 is 0 Å². The van der Waals surface area contributed by atoms with Crippen molar-refractivity contribution in [2.24, 2.45) is 0 Å². The minimum atomic E-state index is 0.639. The zero-order chi connectivity index (χ0) is 17.2. The van der Waals surface area contributed by atoms with E-state index in [1.807, 2.05) is 43.0 Å². The van der Waals surface area contributed by atoms with E-state index < -0.39 is 0 Å². The van der Waals surface area contributed by atoms with E-state index in [2.05, 4.69) is 41.8 Å². The van der Waals surface area contributed by atoms with Gasteiger partial charge in [-0.1, -0.05) is 30.3 Å². The molecule has 2 aromatic carbocycles. The SMILES string of the molecule is CCOc1cccc(NC(=S)NCCSCc2ccccc2C)c1. The second kappa shape index (κ2) is 10.2. The Balaban J connectivity index is 1.66. The predicted molar refractivity (Wildman–Crippen MR) is 109 cm³/mol. The maximum atomic E-state index is 5.49. The summed E-state index contributed by atoms with van der Waals surface area (Å²) in [4.78, 5) is 0. The molecule has 0 heterocycles. The summed E-state index contributed by atoms with van der Waals surface area (Å²) in [5.41, 5.74) is 3.69. The zero-order valence-corrected chi connectivity index (χ0v) is 15.8. The molecule has 128 valence electrons. The van der Waals surface area contributed by atoms with Crippen molar-refractivity contribution in [2.75, 3.05) is 24.2 Å².